The summed E-state index contributed by atoms with van der Waals surface area (Å²) in [7, 11) is 0. The van der Waals surface area contributed by atoms with Crippen LogP contribution in [0.2, 0.25) is 0 Å². The van der Waals surface area contributed by atoms with Crippen molar-refractivity contribution in [1.82, 2.24) is 9.55 Å². The predicted molar refractivity (Wildman–Crippen MR) is 50.8 cm³/mol. The Morgan fingerprint density at radius 3 is 2.79 bits per heavy atom. The van der Waals surface area contributed by atoms with E-state index in [2.05, 4.69) is 0 Å². The molecule has 14 heavy (non-hydrogen) atoms. The van der Waals surface area contributed by atoms with E-state index in [1.165, 1.54) is 4.57 Å². The van der Waals surface area contributed by atoms with Crippen LogP contribution in [0.4, 0.5) is 4.39 Å². The van der Waals surface area contributed by atoms with Gasteiger partial charge in [-0.1, -0.05) is 19.8 Å². The van der Waals surface area contributed by atoms with Crippen molar-refractivity contribution in [3.63, 3.8) is 0 Å². The lowest BCUT2D eigenvalue weighted by Crippen LogP contribution is -2.31. The zero-order valence-electron chi connectivity index (χ0n) is 8.05. The summed E-state index contributed by atoms with van der Waals surface area (Å²) in [6, 6.07) is 0. The van der Waals surface area contributed by atoms with Gasteiger partial charge < -0.3 is 0 Å². The van der Waals surface area contributed by atoms with Crippen molar-refractivity contribution < 1.29 is 4.39 Å². The minimum Gasteiger partial charge on any atom is -0.298 e. The number of aryl methyl sites for hydroxylation is 1. The van der Waals surface area contributed by atoms with E-state index in [9.17, 15) is 14.0 Å². The predicted octanol–water partition coefficient (Wildman–Crippen LogP) is 0.866. The first-order chi connectivity index (χ1) is 6.65. The third kappa shape index (κ3) is 2.55. The van der Waals surface area contributed by atoms with Crippen LogP contribution in [0.25, 0.3) is 0 Å². The fourth-order valence-electron chi connectivity index (χ4n) is 1.18. The molecule has 78 valence electrons. The number of H-pyrrole nitrogens is 1. The molecular formula is C9H13FN2O2. The molecule has 0 aliphatic carbocycles. The molecule has 0 bridgehead atoms. The number of halogens is 1. The maximum Gasteiger partial charge on any atom is 0.328 e. The van der Waals surface area contributed by atoms with Gasteiger partial charge in [0.25, 0.3) is 5.56 Å². The Hall–Kier alpha value is -1.39. The summed E-state index contributed by atoms with van der Waals surface area (Å²) in [5.74, 6) is -0.916. The maximum atomic E-state index is 12.8. The average Bonchev–Trinajstić information content (AvgIpc) is 2.14. The Morgan fingerprint density at radius 1 is 1.43 bits per heavy atom. The molecule has 0 aliphatic heterocycles. The maximum absolute atomic E-state index is 12.8. The van der Waals surface area contributed by atoms with Crippen LogP contribution in [0.5, 0.6) is 0 Å². The van der Waals surface area contributed by atoms with Gasteiger partial charge in [-0.2, -0.15) is 4.39 Å². The van der Waals surface area contributed by atoms with Gasteiger partial charge in [-0.3, -0.25) is 14.3 Å². The van der Waals surface area contributed by atoms with Gasteiger partial charge in [0.05, 0.1) is 6.20 Å². The van der Waals surface area contributed by atoms with Crippen LogP contribution >= 0.6 is 0 Å². The largest absolute Gasteiger partial charge is 0.328 e. The number of unbranched alkanes of at least 4 members (excludes halogenated alkanes) is 2. The van der Waals surface area contributed by atoms with Crippen molar-refractivity contribution in [1.29, 1.82) is 0 Å². The normalized spacial score (nSPS) is 10.4. The van der Waals surface area contributed by atoms with Crippen molar-refractivity contribution in [3.8, 4) is 0 Å². The molecule has 0 saturated carbocycles. The second-order valence-electron chi connectivity index (χ2n) is 3.14. The van der Waals surface area contributed by atoms with E-state index < -0.39 is 17.1 Å². The van der Waals surface area contributed by atoms with Crippen molar-refractivity contribution in [2.75, 3.05) is 0 Å². The number of aromatic amines is 1. The monoisotopic (exact) mass is 200 g/mol. The van der Waals surface area contributed by atoms with Crippen LogP contribution in [-0.4, -0.2) is 9.55 Å². The van der Waals surface area contributed by atoms with Gasteiger partial charge >= 0.3 is 5.69 Å². The van der Waals surface area contributed by atoms with E-state index in [-0.39, 0.29) is 0 Å². The molecule has 0 amide bonds. The van der Waals surface area contributed by atoms with Crippen LogP contribution in [0.15, 0.2) is 15.8 Å². The Kier molecular flexibility index (Phi) is 3.62. The second kappa shape index (κ2) is 4.74. The first-order valence-electron chi connectivity index (χ1n) is 4.64. The molecule has 5 heteroatoms. The molecule has 0 spiro atoms. The molecule has 0 aromatic carbocycles. The van der Waals surface area contributed by atoms with Crippen LogP contribution in [0.3, 0.4) is 0 Å². The second-order valence-corrected chi connectivity index (χ2v) is 3.14. The molecule has 0 fully saturated rings. The van der Waals surface area contributed by atoms with Crippen LogP contribution in [0, 0.1) is 5.82 Å². The van der Waals surface area contributed by atoms with Gasteiger partial charge in [0, 0.05) is 6.54 Å². The molecule has 1 rings (SSSR count). The average molecular weight is 200 g/mol. The summed E-state index contributed by atoms with van der Waals surface area (Å²) < 4.78 is 14.0. The minimum atomic E-state index is -0.957. The molecule has 0 unspecified atom stereocenters. The summed E-state index contributed by atoms with van der Waals surface area (Å²) in [6.07, 6.45) is 3.77. The van der Waals surface area contributed by atoms with Crippen molar-refractivity contribution >= 4 is 0 Å². The molecule has 1 heterocycles. The molecule has 1 N–H and O–H groups in total. The highest BCUT2D eigenvalue weighted by atomic mass is 19.1. The van der Waals surface area contributed by atoms with E-state index in [1.807, 2.05) is 11.9 Å². The molecule has 0 atom stereocenters. The SMILES string of the molecule is CCCCCn1cc(F)c(=O)[nH]c1=O. The zero-order chi connectivity index (χ0) is 10.6. The molecule has 0 radical (unpaired) electrons. The van der Waals surface area contributed by atoms with Gasteiger partial charge in [0.15, 0.2) is 0 Å². The summed E-state index contributed by atoms with van der Waals surface area (Å²) in [5, 5.41) is 0. The third-order valence-corrected chi connectivity index (χ3v) is 1.97. The summed E-state index contributed by atoms with van der Waals surface area (Å²) in [4.78, 5) is 23.7. The number of hydrogen-bond acceptors (Lipinski definition) is 2. The van der Waals surface area contributed by atoms with Gasteiger partial charge in [-0.25, -0.2) is 4.79 Å². The van der Waals surface area contributed by atoms with Crippen LogP contribution in [0.1, 0.15) is 26.2 Å². The smallest absolute Gasteiger partial charge is 0.298 e. The molecule has 1 aromatic rings. The standard InChI is InChI=1S/C9H13FN2O2/c1-2-3-4-5-12-6-7(10)8(13)11-9(12)14/h6H,2-5H2,1H3,(H,11,13,14). The lowest BCUT2D eigenvalue weighted by Gasteiger charge is -2.03. The number of rotatable bonds is 4. The van der Waals surface area contributed by atoms with Crippen LogP contribution in [-0.2, 0) is 6.54 Å². The minimum absolute atomic E-state index is 0.445. The Labute approximate surface area is 80.4 Å². The number of hydrogen-bond donors (Lipinski definition) is 1. The highest BCUT2D eigenvalue weighted by molar-refractivity contribution is 4.86. The lowest BCUT2D eigenvalue weighted by molar-refractivity contribution is 0.527. The number of nitrogens with one attached hydrogen (secondary N) is 1. The van der Waals surface area contributed by atoms with E-state index in [0.29, 0.717) is 6.54 Å². The quantitative estimate of drug-likeness (QED) is 0.733. The highest BCUT2D eigenvalue weighted by Crippen LogP contribution is 1.96. The van der Waals surface area contributed by atoms with Gasteiger partial charge in [0.2, 0.25) is 5.82 Å². The Bertz CT molecular complexity index is 408. The Morgan fingerprint density at radius 2 is 2.14 bits per heavy atom. The fourth-order valence-corrected chi connectivity index (χ4v) is 1.18. The van der Waals surface area contributed by atoms with Crippen molar-refractivity contribution in [3.05, 3.63) is 32.9 Å². The Balaban J connectivity index is 2.82. The lowest BCUT2D eigenvalue weighted by atomic mass is 10.2. The van der Waals surface area contributed by atoms with Crippen molar-refractivity contribution in [2.24, 2.45) is 0 Å². The summed E-state index contributed by atoms with van der Waals surface area (Å²) in [5.41, 5.74) is -1.51. The van der Waals surface area contributed by atoms with Crippen LogP contribution < -0.4 is 11.2 Å². The summed E-state index contributed by atoms with van der Waals surface area (Å²) >= 11 is 0. The van der Waals surface area contributed by atoms with Crippen molar-refractivity contribution in [2.45, 2.75) is 32.7 Å². The first kappa shape index (κ1) is 10.7. The molecule has 0 saturated heterocycles. The van der Waals surface area contributed by atoms with E-state index in [4.69, 9.17) is 0 Å². The van der Waals surface area contributed by atoms with E-state index >= 15 is 0 Å². The molecular weight excluding hydrogens is 187 g/mol. The van der Waals surface area contributed by atoms with Gasteiger partial charge in [-0.15, -0.1) is 0 Å². The fraction of sp³-hybridized carbons (Fsp3) is 0.556. The zero-order valence-corrected chi connectivity index (χ0v) is 8.05. The number of nitrogens with zero attached hydrogens (tertiary/aromatic N) is 1. The molecule has 1 aromatic heterocycles. The highest BCUT2D eigenvalue weighted by Gasteiger charge is 2.02. The molecule has 4 nitrogen and oxygen atoms in total. The first-order valence-corrected chi connectivity index (χ1v) is 4.64. The van der Waals surface area contributed by atoms with Gasteiger partial charge in [-0.05, 0) is 6.42 Å². The van der Waals surface area contributed by atoms with Gasteiger partial charge in [0.1, 0.15) is 0 Å². The third-order valence-electron chi connectivity index (χ3n) is 1.97. The number of aromatic nitrogens is 2. The topological polar surface area (TPSA) is 54.9 Å². The molecule has 0 aliphatic rings. The summed E-state index contributed by atoms with van der Waals surface area (Å²) in [6.45, 7) is 2.48. The van der Waals surface area contributed by atoms with E-state index in [0.717, 1.165) is 25.5 Å². The van der Waals surface area contributed by atoms with E-state index in [1.54, 1.807) is 0 Å².